The van der Waals surface area contributed by atoms with Crippen LogP contribution in [0.3, 0.4) is 0 Å². The molecule has 0 aliphatic heterocycles. The summed E-state index contributed by atoms with van der Waals surface area (Å²) < 4.78 is 26.3. The van der Waals surface area contributed by atoms with Gasteiger partial charge in [0, 0.05) is 24.9 Å². The first kappa shape index (κ1) is 15.4. The van der Waals surface area contributed by atoms with E-state index in [0.717, 1.165) is 43.9 Å². The van der Waals surface area contributed by atoms with Crippen LogP contribution in [0.25, 0.3) is 0 Å². The zero-order valence-corrected chi connectivity index (χ0v) is 11.6. The van der Waals surface area contributed by atoms with E-state index in [9.17, 15) is 18.4 Å². The minimum absolute atomic E-state index is 0.0222. The Kier molecular flexibility index (Phi) is 5.25. The number of hydrogen-bond acceptors (Lipinski definition) is 2. The molecule has 6 heteroatoms. The van der Waals surface area contributed by atoms with E-state index in [-0.39, 0.29) is 30.5 Å². The van der Waals surface area contributed by atoms with Gasteiger partial charge in [-0.25, -0.2) is 8.78 Å². The number of anilines is 1. The SMILES string of the molecule is O=C(CCNC(=O)C1CCCC1)Nc1cc(F)ccc1F. The van der Waals surface area contributed by atoms with Crippen LogP contribution < -0.4 is 10.6 Å². The summed E-state index contributed by atoms with van der Waals surface area (Å²) in [5.74, 6) is -1.77. The van der Waals surface area contributed by atoms with Crippen molar-refractivity contribution in [3.05, 3.63) is 29.8 Å². The molecule has 0 unspecified atom stereocenters. The molecule has 0 spiro atoms. The topological polar surface area (TPSA) is 58.2 Å². The summed E-state index contributed by atoms with van der Waals surface area (Å²) in [6.07, 6.45) is 3.95. The largest absolute Gasteiger partial charge is 0.355 e. The molecule has 1 aromatic rings. The molecule has 0 radical (unpaired) electrons. The van der Waals surface area contributed by atoms with E-state index in [0.29, 0.717) is 0 Å². The number of nitrogens with one attached hydrogen (secondary N) is 2. The molecule has 0 heterocycles. The van der Waals surface area contributed by atoms with Gasteiger partial charge in [0.05, 0.1) is 5.69 Å². The highest BCUT2D eigenvalue weighted by molar-refractivity contribution is 5.91. The van der Waals surface area contributed by atoms with Gasteiger partial charge in [-0.05, 0) is 25.0 Å². The van der Waals surface area contributed by atoms with E-state index >= 15 is 0 Å². The lowest BCUT2D eigenvalue weighted by atomic mass is 10.1. The molecule has 1 aromatic carbocycles. The molecular formula is C15H18F2N2O2. The number of hydrogen-bond donors (Lipinski definition) is 2. The van der Waals surface area contributed by atoms with Crippen LogP contribution in [0.4, 0.5) is 14.5 Å². The fourth-order valence-electron chi connectivity index (χ4n) is 2.44. The molecule has 1 saturated carbocycles. The molecule has 0 bridgehead atoms. The van der Waals surface area contributed by atoms with Crippen molar-refractivity contribution in [1.82, 2.24) is 5.32 Å². The van der Waals surface area contributed by atoms with Crippen molar-refractivity contribution in [2.24, 2.45) is 5.92 Å². The lowest BCUT2D eigenvalue weighted by Crippen LogP contribution is -2.32. The fraction of sp³-hybridized carbons (Fsp3) is 0.467. The number of carbonyl (C=O) groups is 2. The molecule has 0 atom stereocenters. The predicted molar refractivity (Wildman–Crippen MR) is 74.6 cm³/mol. The van der Waals surface area contributed by atoms with Gasteiger partial charge in [-0.3, -0.25) is 9.59 Å². The van der Waals surface area contributed by atoms with Gasteiger partial charge in [0.2, 0.25) is 11.8 Å². The minimum Gasteiger partial charge on any atom is -0.355 e. The van der Waals surface area contributed by atoms with Gasteiger partial charge in [-0.15, -0.1) is 0 Å². The standard InChI is InChI=1S/C15H18F2N2O2/c16-11-5-6-12(17)13(9-11)19-14(20)7-8-18-15(21)10-3-1-2-4-10/h5-6,9-10H,1-4,7-8H2,(H,18,21)(H,19,20). The van der Waals surface area contributed by atoms with Crippen molar-refractivity contribution in [3.63, 3.8) is 0 Å². The maximum Gasteiger partial charge on any atom is 0.226 e. The summed E-state index contributed by atoms with van der Waals surface area (Å²) in [5, 5.41) is 4.99. The lowest BCUT2D eigenvalue weighted by Gasteiger charge is -2.10. The number of halogens is 2. The van der Waals surface area contributed by atoms with Crippen molar-refractivity contribution < 1.29 is 18.4 Å². The Labute approximate surface area is 121 Å². The molecule has 2 N–H and O–H groups in total. The maximum absolute atomic E-state index is 13.3. The van der Waals surface area contributed by atoms with Crippen LogP contribution in [-0.4, -0.2) is 18.4 Å². The Balaban J connectivity index is 1.74. The lowest BCUT2D eigenvalue weighted by molar-refractivity contribution is -0.124. The summed E-state index contributed by atoms with van der Waals surface area (Å²) in [7, 11) is 0. The van der Waals surface area contributed by atoms with Crippen molar-refractivity contribution in [2.45, 2.75) is 32.1 Å². The number of benzene rings is 1. The molecule has 4 nitrogen and oxygen atoms in total. The Hall–Kier alpha value is -1.98. The summed E-state index contributed by atoms with van der Waals surface area (Å²) in [6, 6.07) is 2.85. The summed E-state index contributed by atoms with van der Waals surface area (Å²) in [4.78, 5) is 23.4. The molecule has 0 aromatic heterocycles. The van der Waals surface area contributed by atoms with Crippen molar-refractivity contribution in [2.75, 3.05) is 11.9 Å². The zero-order valence-electron chi connectivity index (χ0n) is 11.6. The van der Waals surface area contributed by atoms with Crippen LogP contribution >= 0.6 is 0 Å². The molecule has 0 saturated heterocycles. The van der Waals surface area contributed by atoms with E-state index in [2.05, 4.69) is 10.6 Å². The van der Waals surface area contributed by atoms with Gasteiger partial charge in [0.25, 0.3) is 0 Å². The fourth-order valence-corrected chi connectivity index (χ4v) is 2.44. The molecule has 1 fully saturated rings. The first-order valence-electron chi connectivity index (χ1n) is 7.09. The van der Waals surface area contributed by atoms with Crippen molar-refractivity contribution in [1.29, 1.82) is 0 Å². The van der Waals surface area contributed by atoms with E-state index < -0.39 is 17.5 Å². The van der Waals surface area contributed by atoms with Gasteiger partial charge in [-0.2, -0.15) is 0 Å². The van der Waals surface area contributed by atoms with E-state index in [4.69, 9.17) is 0 Å². The molecule has 1 aliphatic carbocycles. The van der Waals surface area contributed by atoms with Gasteiger partial charge in [-0.1, -0.05) is 12.8 Å². The quantitative estimate of drug-likeness (QED) is 0.877. The van der Waals surface area contributed by atoms with Gasteiger partial charge >= 0.3 is 0 Å². The average molecular weight is 296 g/mol. The second-order valence-electron chi connectivity index (χ2n) is 5.19. The molecule has 21 heavy (non-hydrogen) atoms. The second kappa shape index (κ2) is 7.15. The monoisotopic (exact) mass is 296 g/mol. The van der Waals surface area contributed by atoms with E-state index in [1.807, 2.05) is 0 Å². The minimum atomic E-state index is -0.695. The number of rotatable bonds is 5. The Morgan fingerprint density at radius 3 is 2.62 bits per heavy atom. The summed E-state index contributed by atoms with van der Waals surface area (Å²) in [5.41, 5.74) is -0.192. The number of amides is 2. The van der Waals surface area contributed by atoms with Crippen LogP contribution in [0.1, 0.15) is 32.1 Å². The third-order valence-electron chi connectivity index (χ3n) is 3.58. The third kappa shape index (κ3) is 4.51. The smallest absolute Gasteiger partial charge is 0.226 e. The predicted octanol–water partition coefficient (Wildman–Crippen LogP) is 2.60. The third-order valence-corrected chi connectivity index (χ3v) is 3.58. The summed E-state index contributed by atoms with van der Waals surface area (Å²) >= 11 is 0. The van der Waals surface area contributed by atoms with Gasteiger partial charge < -0.3 is 10.6 Å². The normalized spacial score (nSPS) is 15.0. The number of carbonyl (C=O) groups excluding carboxylic acids is 2. The highest BCUT2D eigenvalue weighted by Crippen LogP contribution is 2.24. The zero-order chi connectivity index (χ0) is 15.2. The molecule has 2 rings (SSSR count). The van der Waals surface area contributed by atoms with Crippen LogP contribution in [0, 0.1) is 17.6 Å². The molecular weight excluding hydrogens is 278 g/mol. The highest BCUT2D eigenvalue weighted by atomic mass is 19.1. The summed E-state index contributed by atoms with van der Waals surface area (Å²) in [6.45, 7) is 0.193. The molecule has 114 valence electrons. The Morgan fingerprint density at radius 2 is 1.90 bits per heavy atom. The Morgan fingerprint density at radius 1 is 1.19 bits per heavy atom. The first-order chi connectivity index (χ1) is 10.1. The van der Waals surface area contributed by atoms with E-state index in [1.165, 1.54) is 0 Å². The molecule has 2 amide bonds. The Bertz CT molecular complexity index is 528. The van der Waals surface area contributed by atoms with Crippen molar-refractivity contribution in [3.8, 4) is 0 Å². The van der Waals surface area contributed by atoms with Crippen LogP contribution in [0.15, 0.2) is 18.2 Å². The van der Waals surface area contributed by atoms with Gasteiger partial charge in [0.1, 0.15) is 11.6 Å². The molecule has 1 aliphatic rings. The van der Waals surface area contributed by atoms with Crippen LogP contribution in [0.5, 0.6) is 0 Å². The second-order valence-corrected chi connectivity index (χ2v) is 5.19. The van der Waals surface area contributed by atoms with E-state index in [1.54, 1.807) is 0 Å². The van der Waals surface area contributed by atoms with Gasteiger partial charge in [0.15, 0.2) is 0 Å². The van der Waals surface area contributed by atoms with Crippen LogP contribution in [-0.2, 0) is 9.59 Å². The highest BCUT2D eigenvalue weighted by Gasteiger charge is 2.22. The maximum atomic E-state index is 13.3. The van der Waals surface area contributed by atoms with Crippen LogP contribution in [0.2, 0.25) is 0 Å². The van der Waals surface area contributed by atoms with Crippen molar-refractivity contribution >= 4 is 17.5 Å². The first-order valence-corrected chi connectivity index (χ1v) is 7.09. The average Bonchev–Trinajstić information content (AvgIpc) is 2.97.